The predicted octanol–water partition coefficient (Wildman–Crippen LogP) is 1.24. The van der Waals surface area contributed by atoms with Gasteiger partial charge in [-0.1, -0.05) is 30.3 Å². The zero-order valence-electron chi connectivity index (χ0n) is 16.3. The Morgan fingerprint density at radius 3 is 2.73 bits per heavy atom. The number of nitrogens with one attached hydrogen (secondary N) is 1. The van der Waals surface area contributed by atoms with Gasteiger partial charge in [-0.05, 0) is 18.9 Å². The highest BCUT2D eigenvalue weighted by atomic mass is 31.2. The van der Waals surface area contributed by atoms with Gasteiger partial charge in [-0.15, -0.1) is 0 Å². The van der Waals surface area contributed by atoms with Crippen molar-refractivity contribution in [1.29, 1.82) is 0 Å². The number of benzene rings is 1. The van der Waals surface area contributed by atoms with Crippen molar-refractivity contribution in [2.75, 3.05) is 12.1 Å². The van der Waals surface area contributed by atoms with Gasteiger partial charge in [0.25, 0.3) is 7.52 Å². The quantitative estimate of drug-likeness (QED) is 0.341. The zero-order chi connectivity index (χ0) is 21.7. The molecule has 160 valence electrons. The molecule has 3 aromatic rings. The van der Waals surface area contributed by atoms with Crippen molar-refractivity contribution in [2.45, 2.75) is 32.0 Å². The van der Waals surface area contributed by atoms with E-state index in [9.17, 15) is 19.4 Å². The molecule has 0 amide bonds. The molecule has 3 rings (SSSR count). The maximum atomic E-state index is 12.5. The first-order chi connectivity index (χ1) is 14.2. The number of nitrogens with zero attached hydrogens (tertiary/aromatic N) is 4. The average Bonchev–Trinajstić information content (AvgIpc) is 3.11. The smallest absolute Gasteiger partial charge is 0.321 e. The van der Waals surface area contributed by atoms with Crippen molar-refractivity contribution in [3.05, 3.63) is 48.5 Å². The minimum Gasteiger partial charge on any atom is -0.480 e. The standard InChI is InChI=1S/C18H23N6O5P/c1-12(8-24-10-22-15-16(19)20-9-21-17(15)24)29-11-30(27,28)23-14(18(25)26)7-13-5-3-2-4-6-13/h2-6,9-10,12,14H,7-8,11H2,1H3,(H,25,26)(H2,19,20,21)(H2,23,27,28)/t12-,14+/m1/s1. The van der Waals surface area contributed by atoms with Crippen LogP contribution >= 0.6 is 7.52 Å². The van der Waals surface area contributed by atoms with Gasteiger partial charge in [-0.2, -0.15) is 0 Å². The fourth-order valence-corrected chi connectivity index (χ4v) is 4.13. The van der Waals surface area contributed by atoms with E-state index in [1.807, 2.05) is 6.07 Å². The summed E-state index contributed by atoms with van der Waals surface area (Å²) < 4.78 is 19.7. The molecule has 0 aliphatic rings. The lowest BCUT2D eigenvalue weighted by Gasteiger charge is -2.21. The predicted molar refractivity (Wildman–Crippen MR) is 110 cm³/mol. The van der Waals surface area contributed by atoms with Crippen LogP contribution < -0.4 is 10.8 Å². The Bertz CT molecular complexity index is 1060. The second kappa shape index (κ2) is 9.31. The minimum absolute atomic E-state index is 0.0679. The number of rotatable bonds is 10. The molecule has 1 aromatic carbocycles. The largest absolute Gasteiger partial charge is 0.480 e. The molecule has 0 saturated carbocycles. The number of ether oxygens (including phenoxy) is 1. The topological polar surface area (TPSA) is 165 Å². The van der Waals surface area contributed by atoms with Gasteiger partial charge >= 0.3 is 5.97 Å². The van der Waals surface area contributed by atoms with Crippen LogP contribution in [0.15, 0.2) is 43.0 Å². The van der Waals surface area contributed by atoms with Crippen LogP contribution in [0.4, 0.5) is 5.82 Å². The highest BCUT2D eigenvalue weighted by Gasteiger charge is 2.29. The number of hydrogen-bond donors (Lipinski definition) is 4. The van der Waals surface area contributed by atoms with Crippen molar-refractivity contribution < 1.29 is 24.1 Å². The molecule has 1 unspecified atom stereocenters. The van der Waals surface area contributed by atoms with Crippen LogP contribution in [0, 0.1) is 0 Å². The van der Waals surface area contributed by atoms with Crippen molar-refractivity contribution in [3.8, 4) is 0 Å². The summed E-state index contributed by atoms with van der Waals surface area (Å²) in [6.07, 6.45) is 1.91. The van der Waals surface area contributed by atoms with Gasteiger partial charge in [-0.25, -0.2) is 20.0 Å². The van der Waals surface area contributed by atoms with E-state index in [0.717, 1.165) is 5.56 Å². The molecule has 0 saturated heterocycles. The molecule has 12 heteroatoms. The fraction of sp³-hybridized carbons (Fsp3) is 0.333. The van der Waals surface area contributed by atoms with Crippen LogP contribution in [0.5, 0.6) is 0 Å². The Kier molecular flexibility index (Phi) is 6.78. The summed E-state index contributed by atoms with van der Waals surface area (Å²) in [5.74, 6) is -0.960. The number of aliphatic carboxylic acids is 1. The Morgan fingerprint density at radius 2 is 2.03 bits per heavy atom. The van der Waals surface area contributed by atoms with Gasteiger partial charge < -0.3 is 25.0 Å². The van der Waals surface area contributed by atoms with Gasteiger partial charge in [0.15, 0.2) is 11.5 Å². The molecule has 0 fully saturated rings. The molecule has 30 heavy (non-hydrogen) atoms. The molecular formula is C18H23N6O5P. The van der Waals surface area contributed by atoms with E-state index < -0.39 is 32.0 Å². The lowest BCUT2D eigenvalue weighted by atomic mass is 10.1. The summed E-state index contributed by atoms with van der Waals surface area (Å²) in [6, 6.07) is 7.64. The van der Waals surface area contributed by atoms with Gasteiger partial charge in [-0.3, -0.25) is 9.36 Å². The molecule has 2 aromatic heterocycles. The van der Waals surface area contributed by atoms with Crippen molar-refractivity contribution in [3.63, 3.8) is 0 Å². The minimum atomic E-state index is -4.06. The SMILES string of the molecule is C[C@H](Cn1cnc2c(N)ncnc21)OCP(=O)(O)N[C@@H](Cc1ccccc1)C(=O)O. The monoisotopic (exact) mass is 434 g/mol. The highest BCUT2D eigenvalue weighted by molar-refractivity contribution is 7.55. The molecule has 11 nitrogen and oxygen atoms in total. The Morgan fingerprint density at radius 1 is 1.30 bits per heavy atom. The first-order valence-corrected chi connectivity index (χ1v) is 11.0. The maximum absolute atomic E-state index is 12.5. The number of aromatic nitrogens is 4. The Labute approximate surface area is 172 Å². The van der Waals surface area contributed by atoms with Crippen LogP contribution in [0.2, 0.25) is 0 Å². The zero-order valence-corrected chi connectivity index (χ0v) is 17.1. The third kappa shape index (κ3) is 5.61. The van der Waals surface area contributed by atoms with Crippen LogP contribution in [0.25, 0.3) is 11.2 Å². The van der Waals surface area contributed by atoms with E-state index in [1.165, 1.54) is 12.7 Å². The number of carboxylic acid groups (broad SMARTS) is 1. The maximum Gasteiger partial charge on any atom is 0.321 e. The van der Waals surface area contributed by atoms with Crippen LogP contribution in [0.3, 0.4) is 0 Å². The summed E-state index contributed by atoms with van der Waals surface area (Å²) in [4.78, 5) is 33.9. The third-order valence-electron chi connectivity index (χ3n) is 4.36. The van der Waals surface area contributed by atoms with E-state index in [4.69, 9.17) is 10.5 Å². The number of anilines is 1. The number of hydrogen-bond acceptors (Lipinski definition) is 7. The number of nitrogen functional groups attached to an aromatic ring is 1. The Balaban J connectivity index is 1.58. The summed E-state index contributed by atoms with van der Waals surface area (Å²) in [5.41, 5.74) is 7.48. The van der Waals surface area contributed by atoms with Gasteiger partial charge in [0.2, 0.25) is 0 Å². The van der Waals surface area contributed by atoms with E-state index in [1.54, 1.807) is 35.8 Å². The number of carboxylic acids is 1. The first-order valence-electron chi connectivity index (χ1n) is 9.14. The van der Waals surface area contributed by atoms with Gasteiger partial charge in [0.05, 0.1) is 19.0 Å². The number of nitrogens with two attached hydrogens (primary N) is 1. The van der Waals surface area contributed by atoms with Gasteiger partial charge in [0.1, 0.15) is 24.2 Å². The summed E-state index contributed by atoms with van der Waals surface area (Å²) in [5, 5.41) is 11.7. The molecule has 0 radical (unpaired) electrons. The summed E-state index contributed by atoms with van der Waals surface area (Å²) in [7, 11) is -4.06. The molecule has 2 heterocycles. The molecule has 0 aliphatic carbocycles. The lowest BCUT2D eigenvalue weighted by molar-refractivity contribution is -0.139. The van der Waals surface area contributed by atoms with Crippen LogP contribution in [-0.4, -0.2) is 54.0 Å². The van der Waals surface area contributed by atoms with E-state index >= 15 is 0 Å². The molecular weight excluding hydrogens is 411 g/mol. The fourth-order valence-electron chi connectivity index (χ4n) is 2.91. The van der Waals surface area contributed by atoms with Crippen LogP contribution in [-0.2, 0) is 27.1 Å². The second-order valence-electron chi connectivity index (χ2n) is 6.85. The molecule has 0 spiro atoms. The van der Waals surface area contributed by atoms with Crippen molar-refractivity contribution in [2.24, 2.45) is 0 Å². The molecule has 0 aliphatic heterocycles. The normalized spacial score (nSPS) is 15.5. The third-order valence-corrected chi connectivity index (χ3v) is 5.57. The highest BCUT2D eigenvalue weighted by Crippen LogP contribution is 2.36. The molecule has 0 bridgehead atoms. The van der Waals surface area contributed by atoms with E-state index in [2.05, 4.69) is 20.0 Å². The van der Waals surface area contributed by atoms with Gasteiger partial charge in [0, 0.05) is 0 Å². The first kappa shape index (κ1) is 21.8. The number of imidazole rings is 1. The van der Waals surface area contributed by atoms with E-state index in [-0.39, 0.29) is 12.2 Å². The molecule has 3 atom stereocenters. The van der Waals surface area contributed by atoms with E-state index in [0.29, 0.717) is 17.7 Å². The molecule has 5 N–H and O–H groups in total. The summed E-state index contributed by atoms with van der Waals surface area (Å²) in [6.45, 7) is 2.02. The van der Waals surface area contributed by atoms with Crippen molar-refractivity contribution >= 4 is 30.5 Å². The average molecular weight is 434 g/mol. The second-order valence-corrected chi connectivity index (χ2v) is 8.77. The summed E-state index contributed by atoms with van der Waals surface area (Å²) >= 11 is 0. The van der Waals surface area contributed by atoms with Crippen LogP contribution in [0.1, 0.15) is 12.5 Å². The number of fused-ring (bicyclic) bond motifs is 1. The number of carbonyl (C=O) groups is 1. The van der Waals surface area contributed by atoms with Crippen molar-refractivity contribution in [1.82, 2.24) is 24.6 Å². The Hall–Kier alpha value is -2.85. The lowest BCUT2D eigenvalue weighted by Crippen LogP contribution is -2.37.